The van der Waals surface area contributed by atoms with E-state index in [2.05, 4.69) is 10.4 Å². The molecule has 14 heavy (non-hydrogen) atoms. The van der Waals surface area contributed by atoms with Crippen LogP contribution in [0.1, 0.15) is 5.69 Å². The highest BCUT2D eigenvalue weighted by Crippen LogP contribution is 2.09. The highest BCUT2D eigenvalue weighted by molar-refractivity contribution is 5.32. The Kier molecular flexibility index (Phi) is 2.60. The average molecular weight is 187 g/mol. The predicted octanol–water partition coefficient (Wildman–Crippen LogP) is 1.59. The number of aromatic nitrogens is 2. The lowest BCUT2D eigenvalue weighted by atomic mass is 10.3. The summed E-state index contributed by atoms with van der Waals surface area (Å²) < 4.78 is 1.94. The predicted molar refractivity (Wildman–Crippen MR) is 56.3 cm³/mol. The summed E-state index contributed by atoms with van der Waals surface area (Å²) in [6.07, 6.45) is 1.82. The summed E-state index contributed by atoms with van der Waals surface area (Å²) in [5, 5.41) is 7.40. The molecule has 1 N–H and O–H groups in total. The van der Waals surface area contributed by atoms with Gasteiger partial charge in [-0.25, -0.2) is 4.68 Å². The van der Waals surface area contributed by atoms with Crippen molar-refractivity contribution in [1.82, 2.24) is 15.1 Å². The number of benzene rings is 1. The Bertz CT molecular complexity index is 392. The molecule has 0 unspecified atom stereocenters. The van der Waals surface area contributed by atoms with Crippen molar-refractivity contribution in [3.8, 4) is 5.69 Å². The first-order valence-electron chi connectivity index (χ1n) is 4.65. The Morgan fingerprint density at radius 2 is 2.00 bits per heavy atom. The van der Waals surface area contributed by atoms with Gasteiger partial charge in [0.2, 0.25) is 0 Å². The molecule has 0 aliphatic heterocycles. The van der Waals surface area contributed by atoms with Crippen molar-refractivity contribution in [2.24, 2.45) is 0 Å². The molecule has 0 aliphatic carbocycles. The molecular weight excluding hydrogens is 174 g/mol. The number of para-hydroxylation sites is 1. The maximum atomic E-state index is 4.28. The number of rotatable bonds is 3. The quantitative estimate of drug-likeness (QED) is 0.790. The van der Waals surface area contributed by atoms with Gasteiger partial charge in [-0.3, -0.25) is 0 Å². The molecule has 72 valence electrons. The first-order chi connectivity index (χ1) is 6.92. The van der Waals surface area contributed by atoms with E-state index in [0.29, 0.717) is 0 Å². The second kappa shape index (κ2) is 4.07. The lowest BCUT2D eigenvalue weighted by Crippen LogP contribution is -2.10. The van der Waals surface area contributed by atoms with E-state index in [-0.39, 0.29) is 0 Å². The number of hydrogen-bond acceptors (Lipinski definition) is 2. The summed E-state index contributed by atoms with van der Waals surface area (Å²) in [7, 11) is 1.93. The largest absolute Gasteiger partial charge is 0.314 e. The molecule has 0 saturated carbocycles. The van der Waals surface area contributed by atoms with Crippen molar-refractivity contribution in [2.45, 2.75) is 6.54 Å². The first kappa shape index (κ1) is 8.97. The van der Waals surface area contributed by atoms with Crippen molar-refractivity contribution in [3.05, 3.63) is 48.3 Å². The van der Waals surface area contributed by atoms with Gasteiger partial charge in [-0.2, -0.15) is 5.10 Å². The van der Waals surface area contributed by atoms with Crippen LogP contribution in [-0.4, -0.2) is 16.8 Å². The summed E-state index contributed by atoms with van der Waals surface area (Å²) in [5.41, 5.74) is 2.27. The van der Waals surface area contributed by atoms with Crippen LogP contribution in [0, 0.1) is 0 Å². The zero-order chi connectivity index (χ0) is 9.80. The molecule has 3 nitrogen and oxygen atoms in total. The van der Waals surface area contributed by atoms with Crippen LogP contribution in [0.3, 0.4) is 0 Å². The Morgan fingerprint density at radius 3 is 2.71 bits per heavy atom. The van der Waals surface area contributed by atoms with Gasteiger partial charge in [0.05, 0.1) is 11.4 Å². The molecule has 0 aliphatic rings. The van der Waals surface area contributed by atoms with E-state index < -0.39 is 0 Å². The van der Waals surface area contributed by atoms with Crippen LogP contribution in [-0.2, 0) is 6.54 Å². The van der Waals surface area contributed by atoms with Crippen molar-refractivity contribution in [3.63, 3.8) is 0 Å². The average Bonchev–Trinajstić information content (AvgIpc) is 2.68. The third-order valence-corrected chi connectivity index (χ3v) is 2.08. The van der Waals surface area contributed by atoms with Crippen LogP contribution in [0.15, 0.2) is 42.6 Å². The van der Waals surface area contributed by atoms with Gasteiger partial charge in [0, 0.05) is 12.7 Å². The minimum atomic E-state index is 0.828. The molecule has 1 aromatic heterocycles. The summed E-state index contributed by atoms with van der Waals surface area (Å²) >= 11 is 0. The molecule has 1 aromatic carbocycles. The van der Waals surface area contributed by atoms with E-state index >= 15 is 0 Å². The van der Waals surface area contributed by atoms with Gasteiger partial charge < -0.3 is 5.32 Å². The number of nitrogens with one attached hydrogen (secondary N) is 1. The second-order valence-electron chi connectivity index (χ2n) is 3.10. The summed E-state index contributed by atoms with van der Waals surface area (Å²) in [4.78, 5) is 0. The molecule has 0 atom stereocenters. The van der Waals surface area contributed by atoms with Gasteiger partial charge in [0.25, 0.3) is 0 Å². The van der Waals surface area contributed by atoms with E-state index in [1.54, 1.807) is 0 Å². The Balaban J connectivity index is 2.37. The van der Waals surface area contributed by atoms with Crippen molar-refractivity contribution in [2.75, 3.05) is 7.05 Å². The fraction of sp³-hybridized carbons (Fsp3) is 0.182. The molecular formula is C11H13N3. The number of hydrogen-bond donors (Lipinski definition) is 1. The van der Waals surface area contributed by atoms with E-state index in [4.69, 9.17) is 0 Å². The lowest BCUT2D eigenvalue weighted by Gasteiger charge is -2.06. The highest BCUT2D eigenvalue weighted by atomic mass is 15.3. The molecule has 3 heteroatoms. The Hall–Kier alpha value is -1.61. The molecule has 2 aromatic rings. The minimum absolute atomic E-state index is 0.828. The van der Waals surface area contributed by atoms with Gasteiger partial charge >= 0.3 is 0 Å². The van der Waals surface area contributed by atoms with Gasteiger partial charge in [-0.15, -0.1) is 0 Å². The molecule has 0 saturated heterocycles. The van der Waals surface area contributed by atoms with Gasteiger partial charge in [0.1, 0.15) is 0 Å². The Morgan fingerprint density at radius 1 is 1.21 bits per heavy atom. The van der Waals surface area contributed by atoms with Gasteiger partial charge in [0.15, 0.2) is 0 Å². The van der Waals surface area contributed by atoms with Crippen LogP contribution in [0.4, 0.5) is 0 Å². The SMILES string of the molecule is CNCc1ccnn1-c1ccccc1. The molecule has 0 fully saturated rings. The summed E-state index contributed by atoms with van der Waals surface area (Å²) in [6, 6.07) is 12.1. The van der Waals surface area contributed by atoms with E-state index in [0.717, 1.165) is 12.2 Å². The van der Waals surface area contributed by atoms with E-state index in [1.807, 2.05) is 54.3 Å². The summed E-state index contributed by atoms with van der Waals surface area (Å²) in [5.74, 6) is 0. The van der Waals surface area contributed by atoms with Crippen LogP contribution >= 0.6 is 0 Å². The van der Waals surface area contributed by atoms with Crippen molar-refractivity contribution in [1.29, 1.82) is 0 Å². The second-order valence-corrected chi connectivity index (χ2v) is 3.10. The molecule has 0 spiro atoms. The third-order valence-electron chi connectivity index (χ3n) is 2.08. The lowest BCUT2D eigenvalue weighted by molar-refractivity contribution is 0.729. The fourth-order valence-electron chi connectivity index (χ4n) is 1.45. The topological polar surface area (TPSA) is 29.9 Å². The highest BCUT2D eigenvalue weighted by Gasteiger charge is 2.01. The smallest absolute Gasteiger partial charge is 0.0649 e. The van der Waals surface area contributed by atoms with Crippen LogP contribution < -0.4 is 5.32 Å². The monoisotopic (exact) mass is 187 g/mol. The minimum Gasteiger partial charge on any atom is -0.314 e. The van der Waals surface area contributed by atoms with Crippen molar-refractivity contribution < 1.29 is 0 Å². The first-order valence-corrected chi connectivity index (χ1v) is 4.65. The zero-order valence-electron chi connectivity index (χ0n) is 8.14. The maximum Gasteiger partial charge on any atom is 0.0649 e. The maximum absolute atomic E-state index is 4.28. The number of nitrogens with zero attached hydrogens (tertiary/aromatic N) is 2. The van der Waals surface area contributed by atoms with Gasteiger partial charge in [-0.1, -0.05) is 18.2 Å². The van der Waals surface area contributed by atoms with Crippen LogP contribution in [0.5, 0.6) is 0 Å². The summed E-state index contributed by atoms with van der Waals surface area (Å²) in [6.45, 7) is 0.828. The third kappa shape index (κ3) is 1.67. The van der Waals surface area contributed by atoms with Crippen molar-refractivity contribution >= 4 is 0 Å². The zero-order valence-corrected chi connectivity index (χ0v) is 8.14. The molecule has 1 heterocycles. The molecule has 2 rings (SSSR count). The molecule has 0 bridgehead atoms. The van der Waals surface area contributed by atoms with E-state index in [9.17, 15) is 0 Å². The molecule has 0 radical (unpaired) electrons. The Labute approximate surface area is 83.4 Å². The normalized spacial score (nSPS) is 10.4. The van der Waals surface area contributed by atoms with Crippen LogP contribution in [0.2, 0.25) is 0 Å². The van der Waals surface area contributed by atoms with Crippen LogP contribution in [0.25, 0.3) is 5.69 Å². The van der Waals surface area contributed by atoms with E-state index in [1.165, 1.54) is 5.69 Å². The fourth-order valence-corrected chi connectivity index (χ4v) is 1.45. The standard InChI is InChI=1S/C11H13N3/c1-12-9-11-7-8-13-14(11)10-5-3-2-4-6-10/h2-8,12H,9H2,1H3. The van der Waals surface area contributed by atoms with Gasteiger partial charge in [-0.05, 0) is 25.2 Å². The molecule has 0 amide bonds.